The van der Waals surface area contributed by atoms with E-state index in [9.17, 15) is 14.9 Å². The Morgan fingerprint density at radius 3 is 2.35 bits per heavy atom. The van der Waals surface area contributed by atoms with Crippen molar-refractivity contribution in [2.45, 2.75) is 47.6 Å². The van der Waals surface area contributed by atoms with Gasteiger partial charge in [-0.15, -0.1) is 0 Å². The van der Waals surface area contributed by atoms with Crippen LogP contribution in [-0.4, -0.2) is 36.6 Å². The maximum atomic E-state index is 12.5. The predicted molar refractivity (Wildman–Crippen MR) is 120 cm³/mol. The number of hydrogen-bond acceptors (Lipinski definition) is 5. The number of Topliss-reactive ketones (excluding diaryl/α,β-unsaturated/α-hetero) is 1. The maximum absolute atomic E-state index is 12.5. The summed E-state index contributed by atoms with van der Waals surface area (Å²) in [6.07, 6.45) is 1.51. The van der Waals surface area contributed by atoms with Crippen LogP contribution in [0.15, 0.2) is 23.8 Å². The summed E-state index contributed by atoms with van der Waals surface area (Å²) in [5.74, 6) is -1.11. The highest BCUT2D eigenvalue weighted by Gasteiger charge is 2.18. The summed E-state index contributed by atoms with van der Waals surface area (Å²) in [5, 5.41) is 9.48. The quantitative estimate of drug-likeness (QED) is 0.269. The number of ketones is 1. The molecule has 2 rings (SSSR count). The molecule has 0 spiro atoms. The molecule has 1 heterocycles. The molecule has 0 saturated heterocycles. The van der Waals surface area contributed by atoms with E-state index in [2.05, 4.69) is 4.57 Å². The number of nitriles is 1. The van der Waals surface area contributed by atoms with Crippen molar-refractivity contribution in [2.75, 3.05) is 20.3 Å². The zero-order valence-electron chi connectivity index (χ0n) is 19.3. The molecule has 0 fully saturated rings. The van der Waals surface area contributed by atoms with E-state index in [0.717, 1.165) is 33.6 Å². The van der Waals surface area contributed by atoms with Crippen molar-refractivity contribution in [3.63, 3.8) is 0 Å². The number of rotatable bonds is 8. The van der Waals surface area contributed by atoms with Gasteiger partial charge in [0.25, 0.3) is 0 Å². The van der Waals surface area contributed by atoms with Gasteiger partial charge in [0.05, 0.1) is 12.6 Å². The molecule has 0 radical (unpaired) electrons. The van der Waals surface area contributed by atoms with E-state index < -0.39 is 12.6 Å². The molecule has 31 heavy (non-hydrogen) atoms. The van der Waals surface area contributed by atoms with E-state index in [1.165, 1.54) is 6.08 Å². The monoisotopic (exact) mass is 422 g/mol. The second-order valence-electron chi connectivity index (χ2n) is 7.92. The third-order valence-corrected chi connectivity index (χ3v) is 5.49. The number of methoxy groups -OCH3 is 1. The Bertz CT molecular complexity index is 1070. The van der Waals surface area contributed by atoms with Crippen molar-refractivity contribution in [3.05, 3.63) is 63.0 Å². The molecule has 0 saturated carbocycles. The minimum Gasteiger partial charge on any atom is -0.453 e. The molecular weight excluding hydrogens is 392 g/mol. The summed E-state index contributed by atoms with van der Waals surface area (Å²) < 4.78 is 12.5. The molecule has 6 nitrogen and oxygen atoms in total. The lowest BCUT2D eigenvalue weighted by molar-refractivity contribution is -0.137. The first-order valence-electron chi connectivity index (χ1n) is 10.2. The molecule has 0 amide bonds. The Labute approximate surface area is 184 Å². The molecule has 6 heteroatoms. The molecule has 0 aliphatic carbocycles. The molecule has 2 aromatic rings. The van der Waals surface area contributed by atoms with Gasteiger partial charge in [-0.25, -0.2) is 4.79 Å². The van der Waals surface area contributed by atoms with Gasteiger partial charge >= 0.3 is 5.97 Å². The van der Waals surface area contributed by atoms with Gasteiger partial charge in [0, 0.05) is 24.1 Å². The van der Waals surface area contributed by atoms with E-state index in [1.54, 1.807) is 13.2 Å². The largest absolute Gasteiger partial charge is 0.453 e. The van der Waals surface area contributed by atoms with Crippen molar-refractivity contribution in [3.8, 4) is 6.07 Å². The fourth-order valence-electron chi connectivity index (χ4n) is 3.78. The maximum Gasteiger partial charge on any atom is 0.349 e. The van der Waals surface area contributed by atoms with Gasteiger partial charge in [-0.2, -0.15) is 5.26 Å². The average molecular weight is 423 g/mol. The highest BCUT2D eigenvalue weighted by molar-refractivity contribution is 6.02. The molecular formula is C25H30N2O4. The van der Waals surface area contributed by atoms with Crippen molar-refractivity contribution in [2.24, 2.45) is 0 Å². The molecule has 0 aliphatic rings. The minimum atomic E-state index is -0.813. The third kappa shape index (κ3) is 5.50. The van der Waals surface area contributed by atoms with Crippen molar-refractivity contribution < 1.29 is 19.1 Å². The summed E-state index contributed by atoms with van der Waals surface area (Å²) in [6.45, 7) is 11.8. The van der Waals surface area contributed by atoms with Crippen molar-refractivity contribution in [1.29, 1.82) is 5.26 Å². The molecule has 1 aromatic carbocycles. The number of carbonyl (C=O) groups is 2. The predicted octanol–water partition coefficient (Wildman–Crippen LogP) is 4.57. The lowest BCUT2D eigenvalue weighted by atomic mass is 9.98. The summed E-state index contributed by atoms with van der Waals surface area (Å²) in [6, 6.07) is 7.66. The number of esters is 1. The van der Waals surface area contributed by atoms with Crippen molar-refractivity contribution in [1.82, 2.24) is 4.57 Å². The summed E-state index contributed by atoms with van der Waals surface area (Å²) >= 11 is 0. The first-order valence-corrected chi connectivity index (χ1v) is 10.2. The number of aromatic nitrogens is 1. The van der Waals surface area contributed by atoms with Crippen LogP contribution in [0.5, 0.6) is 0 Å². The van der Waals surface area contributed by atoms with Gasteiger partial charge in [-0.05, 0) is 82.0 Å². The highest BCUT2D eigenvalue weighted by Crippen LogP contribution is 2.23. The number of hydrogen-bond donors (Lipinski definition) is 0. The topological polar surface area (TPSA) is 81.3 Å². The van der Waals surface area contributed by atoms with Gasteiger partial charge in [-0.3, -0.25) is 4.79 Å². The normalized spacial score (nSPS) is 12.4. The first-order chi connectivity index (χ1) is 14.6. The van der Waals surface area contributed by atoms with Gasteiger partial charge in [0.1, 0.15) is 11.6 Å². The van der Waals surface area contributed by atoms with Crippen LogP contribution < -0.4 is 0 Å². The standard InChI is InChI=1S/C25H30N2O4/c1-15-8-17(3)23(9-16(15)2)24(28)14-31-25(29)22(12-26)11-21-10-18(4)27(20(21)6)19(5)13-30-7/h8-11,19H,13-14H2,1-7H3/b22-11+/t19-/m0/s1. The molecule has 1 aromatic heterocycles. The number of benzene rings is 1. The highest BCUT2D eigenvalue weighted by atomic mass is 16.5. The Hall–Kier alpha value is -3.17. The zero-order chi connectivity index (χ0) is 23.3. The Balaban J connectivity index is 2.19. The SMILES string of the molecule is COC[C@H](C)n1c(C)cc(/C=C(\C#N)C(=O)OCC(=O)c2cc(C)c(C)cc2C)c1C. The van der Waals surface area contributed by atoms with Crippen LogP contribution in [0.1, 0.15) is 57.0 Å². The molecule has 164 valence electrons. The smallest absolute Gasteiger partial charge is 0.349 e. The number of carbonyl (C=O) groups excluding carboxylic acids is 2. The van der Waals surface area contributed by atoms with Gasteiger partial charge in [0.2, 0.25) is 5.78 Å². The second kappa shape index (κ2) is 10.2. The number of nitrogens with zero attached hydrogens (tertiary/aromatic N) is 2. The fourth-order valence-corrected chi connectivity index (χ4v) is 3.78. The van der Waals surface area contributed by atoms with E-state index >= 15 is 0 Å². The van der Waals surface area contributed by atoms with Crippen LogP contribution in [0.3, 0.4) is 0 Å². The fraction of sp³-hybridized carbons (Fsp3) is 0.400. The Kier molecular flexibility index (Phi) is 7.95. The molecule has 0 bridgehead atoms. The van der Waals surface area contributed by atoms with Crippen LogP contribution in [0.4, 0.5) is 0 Å². The first kappa shape index (κ1) is 24.1. The molecule has 0 N–H and O–H groups in total. The molecule has 0 unspecified atom stereocenters. The lowest BCUT2D eigenvalue weighted by Gasteiger charge is -2.17. The van der Waals surface area contributed by atoms with Crippen LogP contribution in [0.25, 0.3) is 6.08 Å². The van der Waals surface area contributed by atoms with Gasteiger partial charge in [-0.1, -0.05) is 6.07 Å². The van der Waals surface area contributed by atoms with Crippen molar-refractivity contribution >= 4 is 17.8 Å². The van der Waals surface area contributed by atoms with Gasteiger partial charge < -0.3 is 14.0 Å². The number of ether oxygens (including phenoxy) is 2. The molecule has 1 atom stereocenters. The summed E-state index contributed by atoms with van der Waals surface area (Å²) in [7, 11) is 1.65. The average Bonchev–Trinajstić information content (AvgIpc) is 2.99. The third-order valence-electron chi connectivity index (χ3n) is 5.49. The summed E-state index contributed by atoms with van der Waals surface area (Å²) in [4.78, 5) is 25.0. The zero-order valence-corrected chi connectivity index (χ0v) is 19.3. The van der Waals surface area contributed by atoms with Crippen LogP contribution >= 0.6 is 0 Å². The summed E-state index contributed by atoms with van der Waals surface area (Å²) in [5.41, 5.74) is 5.97. The van der Waals surface area contributed by atoms with E-state index in [1.807, 2.05) is 59.7 Å². The minimum absolute atomic E-state index is 0.114. The van der Waals surface area contributed by atoms with Crippen LogP contribution in [0.2, 0.25) is 0 Å². The van der Waals surface area contributed by atoms with E-state index in [0.29, 0.717) is 12.2 Å². The second-order valence-corrected chi connectivity index (χ2v) is 7.92. The Morgan fingerprint density at radius 1 is 1.10 bits per heavy atom. The number of aryl methyl sites for hydroxylation is 4. The Morgan fingerprint density at radius 2 is 1.74 bits per heavy atom. The van der Waals surface area contributed by atoms with Crippen LogP contribution in [-0.2, 0) is 14.3 Å². The lowest BCUT2D eigenvalue weighted by Crippen LogP contribution is -2.16. The van der Waals surface area contributed by atoms with Gasteiger partial charge in [0.15, 0.2) is 6.61 Å². The molecule has 0 aliphatic heterocycles. The van der Waals surface area contributed by atoms with E-state index in [4.69, 9.17) is 9.47 Å². The van der Waals surface area contributed by atoms with Crippen LogP contribution in [0, 0.1) is 45.9 Å². The van der Waals surface area contributed by atoms with E-state index in [-0.39, 0.29) is 17.4 Å².